The molecule has 1 amide bonds. The van der Waals surface area contributed by atoms with E-state index in [0.717, 1.165) is 11.3 Å². The van der Waals surface area contributed by atoms with E-state index in [9.17, 15) is 4.79 Å². The summed E-state index contributed by atoms with van der Waals surface area (Å²) in [6, 6.07) is 15.1. The van der Waals surface area contributed by atoms with E-state index in [-0.39, 0.29) is 5.91 Å². The highest BCUT2D eigenvalue weighted by atomic mass is 16.5. The number of amides is 1. The average Bonchev–Trinajstić information content (AvgIpc) is 2.63. The summed E-state index contributed by atoms with van der Waals surface area (Å²) < 4.78 is 16.7. The summed E-state index contributed by atoms with van der Waals surface area (Å²) >= 11 is 0. The van der Waals surface area contributed by atoms with E-state index in [0.29, 0.717) is 31.1 Å². The van der Waals surface area contributed by atoms with E-state index in [1.54, 1.807) is 19.2 Å². The fraction of sp³-hybridized carbons (Fsp3) is 0.350. The summed E-state index contributed by atoms with van der Waals surface area (Å²) in [5.74, 6) is 1.80. The minimum absolute atomic E-state index is 0.166. The quantitative estimate of drug-likeness (QED) is 0.710. The Balaban J connectivity index is 1.81. The van der Waals surface area contributed by atoms with Crippen molar-refractivity contribution in [2.24, 2.45) is 0 Å². The van der Waals surface area contributed by atoms with Crippen molar-refractivity contribution in [1.82, 2.24) is 5.32 Å². The molecule has 0 aliphatic heterocycles. The zero-order valence-electron chi connectivity index (χ0n) is 15.0. The summed E-state index contributed by atoms with van der Waals surface area (Å²) in [5.41, 5.74) is 1.14. The Bertz CT molecular complexity index is 687. The Morgan fingerprint density at radius 2 is 1.88 bits per heavy atom. The minimum atomic E-state index is -0.574. The standard InChI is InChI=1S/C20H25NO4/c1-4-17(25-19-11-6-5-10-18(19)23-3)20(22)21-12-13-24-16-9-7-8-15(2)14-16/h5-11,14,17H,4,12-13H2,1-3H3,(H,21,22)/t17-/m0/s1. The van der Waals surface area contributed by atoms with Crippen LogP contribution in [0.25, 0.3) is 0 Å². The molecule has 0 heterocycles. The van der Waals surface area contributed by atoms with Gasteiger partial charge in [-0.15, -0.1) is 0 Å². The molecule has 1 N–H and O–H groups in total. The molecule has 134 valence electrons. The van der Waals surface area contributed by atoms with E-state index in [1.165, 1.54) is 0 Å². The lowest BCUT2D eigenvalue weighted by Gasteiger charge is -2.19. The van der Waals surface area contributed by atoms with E-state index >= 15 is 0 Å². The maximum absolute atomic E-state index is 12.3. The molecule has 0 unspecified atom stereocenters. The van der Waals surface area contributed by atoms with Crippen molar-refractivity contribution < 1.29 is 19.0 Å². The number of aryl methyl sites for hydroxylation is 1. The molecule has 0 spiro atoms. The highest BCUT2D eigenvalue weighted by Crippen LogP contribution is 2.27. The van der Waals surface area contributed by atoms with E-state index in [1.807, 2.05) is 50.2 Å². The number of rotatable bonds is 9. The van der Waals surface area contributed by atoms with E-state index in [4.69, 9.17) is 14.2 Å². The number of methoxy groups -OCH3 is 1. The summed E-state index contributed by atoms with van der Waals surface area (Å²) in [6.07, 6.45) is -0.0157. The topological polar surface area (TPSA) is 56.8 Å². The predicted molar refractivity (Wildman–Crippen MR) is 97.4 cm³/mol. The zero-order chi connectivity index (χ0) is 18.1. The highest BCUT2D eigenvalue weighted by Gasteiger charge is 2.19. The molecule has 0 aromatic heterocycles. The van der Waals surface area contributed by atoms with Gasteiger partial charge >= 0.3 is 0 Å². The number of ether oxygens (including phenoxy) is 3. The van der Waals surface area contributed by atoms with Crippen LogP contribution in [-0.2, 0) is 4.79 Å². The number of hydrogen-bond acceptors (Lipinski definition) is 4. The summed E-state index contributed by atoms with van der Waals surface area (Å²) in [4.78, 5) is 12.3. The van der Waals surface area contributed by atoms with Crippen LogP contribution in [0, 0.1) is 6.92 Å². The van der Waals surface area contributed by atoms with Gasteiger partial charge < -0.3 is 19.5 Å². The molecule has 0 bridgehead atoms. The molecule has 0 radical (unpaired) electrons. The van der Waals surface area contributed by atoms with Crippen LogP contribution in [0.4, 0.5) is 0 Å². The monoisotopic (exact) mass is 343 g/mol. The second kappa shape index (κ2) is 9.57. The zero-order valence-corrected chi connectivity index (χ0v) is 15.0. The molecule has 0 aliphatic carbocycles. The van der Waals surface area contributed by atoms with Crippen LogP contribution in [0.5, 0.6) is 17.2 Å². The Morgan fingerprint density at radius 1 is 1.12 bits per heavy atom. The molecule has 2 aromatic carbocycles. The van der Waals surface area contributed by atoms with Gasteiger partial charge in [0.25, 0.3) is 5.91 Å². The number of carbonyl (C=O) groups excluding carboxylic acids is 1. The summed E-state index contributed by atoms with van der Waals surface area (Å²) in [5, 5.41) is 2.85. The Morgan fingerprint density at radius 3 is 2.56 bits per heavy atom. The van der Waals surface area contributed by atoms with Crippen molar-refractivity contribution in [2.75, 3.05) is 20.3 Å². The molecular weight excluding hydrogens is 318 g/mol. The molecule has 5 heteroatoms. The first-order valence-corrected chi connectivity index (χ1v) is 8.41. The molecule has 5 nitrogen and oxygen atoms in total. The van der Waals surface area contributed by atoms with Gasteiger partial charge in [-0.3, -0.25) is 4.79 Å². The first-order chi connectivity index (χ1) is 12.1. The molecule has 0 aliphatic rings. The third kappa shape index (κ3) is 5.71. The normalized spacial score (nSPS) is 11.5. The maximum atomic E-state index is 12.3. The van der Waals surface area contributed by atoms with Crippen LogP contribution in [0.1, 0.15) is 18.9 Å². The van der Waals surface area contributed by atoms with Gasteiger partial charge in [0, 0.05) is 0 Å². The van der Waals surface area contributed by atoms with Gasteiger partial charge in [0.1, 0.15) is 12.4 Å². The van der Waals surface area contributed by atoms with Gasteiger partial charge in [-0.2, -0.15) is 0 Å². The predicted octanol–water partition coefficient (Wildman–Crippen LogP) is 3.36. The Kier molecular flexibility index (Phi) is 7.14. The van der Waals surface area contributed by atoms with Crippen molar-refractivity contribution in [2.45, 2.75) is 26.4 Å². The van der Waals surface area contributed by atoms with Gasteiger partial charge in [0.2, 0.25) is 0 Å². The van der Waals surface area contributed by atoms with Crippen molar-refractivity contribution in [3.05, 3.63) is 54.1 Å². The largest absolute Gasteiger partial charge is 0.493 e. The average molecular weight is 343 g/mol. The van der Waals surface area contributed by atoms with Crippen molar-refractivity contribution in [1.29, 1.82) is 0 Å². The lowest BCUT2D eigenvalue weighted by molar-refractivity contribution is -0.128. The lowest BCUT2D eigenvalue weighted by atomic mass is 10.2. The fourth-order valence-electron chi connectivity index (χ4n) is 2.35. The van der Waals surface area contributed by atoms with Gasteiger partial charge in [-0.05, 0) is 43.2 Å². The molecule has 1 atom stereocenters. The SMILES string of the molecule is CC[C@H](Oc1ccccc1OC)C(=O)NCCOc1cccc(C)c1. The van der Waals surface area contributed by atoms with Crippen molar-refractivity contribution >= 4 is 5.91 Å². The first-order valence-electron chi connectivity index (χ1n) is 8.41. The molecule has 0 fully saturated rings. The number of carbonyl (C=O) groups is 1. The second-order valence-electron chi connectivity index (χ2n) is 5.62. The number of hydrogen-bond donors (Lipinski definition) is 1. The minimum Gasteiger partial charge on any atom is -0.493 e. The second-order valence-corrected chi connectivity index (χ2v) is 5.62. The van der Waals surface area contributed by atoms with Gasteiger partial charge in [0.05, 0.1) is 13.7 Å². The molecular formula is C20H25NO4. The molecule has 0 saturated carbocycles. The molecule has 0 saturated heterocycles. The Labute approximate surface area is 148 Å². The smallest absolute Gasteiger partial charge is 0.261 e. The first kappa shape index (κ1) is 18.6. The third-order valence-electron chi connectivity index (χ3n) is 3.66. The van der Waals surface area contributed by atoms with Crippen LogP contribution >= 0.6 is 0 Å². The lowest BCUT2D eigenvalue weighted by Crippen LogP contribution is -2.39. The van der Waals surface area contributed by atoms with Gasteiger partial charge in [-0.25, -0.2) is 0 Å². The number of nitrogens with one attached hydrogen (secondary N) is 1. The maximum Gasteiger partial charge on any atom is 0.261 e. The Hall–Kier alpha value is -2.69. The van der Waals surface area contributed by atoms with Crippen LogP contribution in [-0.4, -0.2) is 32.3 Å². The summed E-state index contributed by atoms with van der Waals surface area (Å²) in [6.45, 7) is 4.73. The number of benzene rings is 2. The van der Waals surface area contributed by atoms with Crippen molar-refractivity contribution in [3.8, 4) is 17.2 Å². The molecule has 2 rings (SSSR count). The summed E-state index contributed by atoms with van der Waals surface area (Å²) in [7, 11) is 1.58. The van der Waals surface area contributed by atoms with E-state index in [2.05, 4.69) is 5.32 Å². The highest BCUT2D eigenvalue weighted by molar-refractivity contribution is 5.81. The van der Waals surface area contributed by atoms with Gasteiger partial charge in [0.15, 0.2) is 17.6 Å². The van der Waals surface area contributed by atoms with E-state index < -0.39 is 6.10 Å². The van der Waals surface area contributed by atoms with Gasteiger partial charge in [-0.1, -0.05) is 31.2 Å². The molecule has 25 heavy (non-hydrogen) atoms. The van der Waals surface area contributed by atoms with Crippen LogP contribution in [0.2, 0.25) is 0 Å². The van der Waals surface area contributed by atoms with Crippen LogP contribution < -0.4 is 19.5 Å². The number of para-hydroxylation sites is 2. The van der Waals surface area contributed by atoms with Crippen LogP contribution in [0.3, 0.4) is 0 Å². The molecule has 2 aromatic rings. The third-order valence-corrected chi connectivity index (χ3v) is 3.66. The van der Waals surface area contributed by atoms with Crippen molar-refractivity contribution in [3.63, 3.8) is 0 Å². The fourth-order valence-corrected chi connectivity index (χ4v) is 2.35. The van der Waals surface area contributed by atoms with Crippen LogP contribution in [0.15, 0.2) is 48.5 Å².